The Hall–Kier alpha value is -2.53. The van der Waals surface area contributed by atoms with E-state index in [2.05, 4.69) is 10.5 Å². The molecule has 0 radical (unpaired) electrons. The van der Waals surface area contributed by atoms with Gasteiger partial charge in [-0.15, -0.1) is 0 Å². The fourth-order valence-electron chi connectivity index (χ4n) is 2.05. The van der Waals surface area contributed by atoms with Crippen LogP contribution < -0.4 is 11.1 Å². The molecule has 0 aliphatic heterocycles. The molecule has 3 N–H and O–H groups in total. The van der Waals surface area contributed by atoms with Gasteiger partial charge in [0.2, 0.25) is 5.91 Å². The number of nitrogens with one attached hydrogen (secondary N) is 1. The minimum absolute atomic E-state index is 0.0993. The Morgan fingerprint density at radius 1 is 1.29 bits per heavy atom. The van der Waals surface area contributed by atoms with Gasteiger partial charge in [-0.2, -0.15) is 0 Å². The van der Waals surface area contributed by atoms with Crippen LogP contribution in [0.1, 0.15) is 5.69 Å². The van der Waals surface area contributed by atoms with E-state index in [1.165, 1.54) is 0 Å². The van der Waals surface area contributed by atoms with Crippen molar-refractivity contribution in [2.24, 2.45) is 0 Å². The molecule has 1 amide bonds. The molecular formula is C15H12ClN3O2. The Balaban J connectivity index is 1.79. The molecule has 0 aliphatic carbocycles. The van der Waals surface area contributed by atoms with Gasteiger partial charge >= 0.3 is 0 Å². The lowest BCUT2D eigenvalue weighted by molar-refractivity contribution is -0.115. The lowest BCUT2D eigenvalue weighted by Crippen LogP contribution is -2.15. The van der Waals surface area contributed by atoms with E-state index in [0.29, 0.717) is 27.7 Å². The van der Waals surface area contributed by atoms with Crippen molar-refractivity contribution in [1.82, 2.24) is 5.16 Å². The Morgan fingerprint density at radius 3 is 2.95 bits per heavy atom. The van der Waals surface area contributed by atoms with Gasteiger partial charge in [-0.3, -0.25) is 4.79 Å². The minimum Gasteiger partial charge on any atom is -0.399 e. The number of rotatable bonds is 3. The number of anilines is 2. The number of amides is 1. The molecule has 5 nitrogen and oxygen atoms in total. The van der Waals surface area contributed by atoms with Crippen LogP contribution in [-0.4, -0.2) is 11.1 Å². The summed E-state index contributed by atoms with van der Waals surface area (Å²) in [5, 5.41) is 7.90. The second kappa shape index (κ2) is 5.46. The van der Waals surface area contributed by atoms with Crippen molar-refractivity contribution in [1.29, 1.82) is 0 Å². The number of carbonyl (C=O) groups excluding carboxylic acids is 1. The summed E-state index contributed by atoms with van der Waals surface area (Å²) in [6.45, 7) is 0. The van der Waals surface area contributed by atoms with Gasteiger partial charge in [0.15, 0.2) is 5.58 Å². The topological polar surface area (TPSA) is 81.1 Å². The summed E-state index contributed by atoms with van der Waals surface area (Å²) in [5.74, 6) is -0.235. The van der Waals surface area contributed by atoms with Crippen LogP contribution in [0.2, 0.25) is 5.02 Å². The summed E-state index contributed by atoms with van der Waals surface area (Å²) in [5.41, 5.74) is 7.93. The largest absolute Gasteiger partial charge is 0.399 e. The molecule has 106 valence electrons. The molecule has 3 aromatic rings. The second-order valence-corrected chi connectivity index (χ2v) is 5.00. The van der Waals surface area contributed by atoms with Gasteiger partial charge < -0.3 is 15.6 Å². The van der Waals surface area contributed by atoms with Crippen molar-refractivity contribution in [3.8, 4) is 0 Å². The lowest BCUT2D eigenvalue weighted by atomic mass is 10.1. The molecular weight excluding hydrogens is 290 g/mol. The molecule has 6 heteroatoms. The van der Waals surface area contributed by atoms with Crippen molar-refractivity contribution in [3.63, 3.8) is 0 Å². The van der Waals surface area contributed by atoms with Gasteiger partial charge in [0.05, 0.1) is 17.1 Å². The Morgan fingerprint density at radius 2 is 2.10 bits per heavy atom. The first-order valence-electron chi connectivity index (χ1n) is 6.31. The monoisotopic (exact) mass is 301 g/mol. The zero-order valence-electron chi connectivity index (χ0n) is 11.0. The van der Waals surface area contributed by atoms with E-state index in [4.69, 9.17) is 21.9 Å². The lowest BCUT2D eigenvalue weighted by Gasteiger charge is -2.07. The number of fused-ring (bicyclic) bond motifs is 1. The number of hydrogen-bond donors (Lipinski definition) is 2. The van der Waals surface area contributed by atoms with Crippen LogP contribution in [-0.2, 0) is 11.2 Å². The fourth-order valence-corrected chi connectivity index (χ4v) is 2.22. The average Bonchev–Trinajstić information content (AvgIpc) is 2.86. The number of nitrogens with two attached hydrogens (primary N) is 1. The molecule has 0 spiro atoms. The highest BCUT2D eigenvalue weighted by molar-refractivity contribution is 6.33. The number of benzene rings is 2. The van der Waals surface area contributed by atoms with Crippen LogP contribution in [0, 0.1) is 0 Å². The highest BCUT2D eigenvalue weighted by Gasteiger charge is 2.13. The maximum absolute atomic E-state index is 12.1. The van der Waals surface area contributed by atoms with Gasteiger partial charge in [-0.1, -0.05) is 28.9 Å². The van der Waals surface area contributed by atoms with Gasteiger partial charge in [-0.25, -0.2) is 0 Å². The van der Waals surface area contributed by atoms with Gasteiger partial charge in [0.1, 0.15) is 5.69 Å². The molecule has 1 aromatic heterocycles. The van der Waals surface area contributed by atoms with Crippen LogP contribution >= 0.6 is 11.6 Å². The van der Waals surface area contributed by atoms with E-state index in [1.807, 2.05) is 18.2 Å². The van der Waals surface area contributed by atoms with E-state index < -0.39 is 0 Å². The fraction of sp³-hybridized carbons (Fsp3) is 0.0667. The molecule has 0 fully saturated rings. The first kappa shape index (κ1) is 13.5. The number of carbonyl (C=O) groups is 1. The van der Waals surface area contributed by atoms with Crippen molar-refractivity contribution >= 4 is 39.9 Å². The Labute approximate surface area is 125 Å². The molecule has 21 heavy (non-hydrogen) atoms. The zero-order chi connectivity index (χ0) is 14.8. The van der Waals surface area contributed by atoms with Crippen LogP contribution in [0.25, 0.3) is 11.0 Å². The summed E-state index contributed by atoms with van der Waals surface area (Å²) in [4.78, 5) is 12.1. The van der Waals surface area contributed by atoms with Crippen molar-refractivity contribution in [2.75, 3.05) is 11.1 Å². The molecule has 1 heterocycles. The third kappa shape index (κ3) is 2.83. The van der Waals surface area contributed by atoms with E-state index in [1.54, 1.807) is 24.3 Å². The third-order valence-corrected chi connectivity index (χ3v) is 3.37. The number of aromatic nitrogens is 1. The molecule has 0 aliphatic rings. The minimum atomic E-state index is -0.235. The number of para-hydroxylation sites is 1. The highest BCUT2D eigenvalue weighted by atomic mass is 35.5. The third-order valence-electron chi connectivity index (χ3n) is 3.04. The first-order chi connectivity index (χ1) is 10.1. The van der Waals surface area contributed by atoms with Gasteiger partial charge in [0, 0.05) is 11.1 Å². The molecule has 0 bridgehead atoms. The predicted octanol–water partition coefficient (Wildman–Crippen LogP) is 3.24. The molecule has 0 saturated heterocycles. The van der Waals surface area contributed by atoms with Crippen molar-refractivity contribution < 1.29 is 9.32 Å². The summed E-state index contributed by atoms with van der Waals surface area (Å²) >= 11 is 6.01. The summed E-state index contributed by atoms with van der Waals surface area (Å²) in [7, 11) is 0. The zero-order valence-corrected chi connectivity index (χ0v) is 11.7. The van der Waals surface area contributed by atoms with E-state index in [9.17, 15) is 4.79 Å². The predicted molar refractivity (Wildman–Crippen MR) is 82.2 cm³/mol. The SMILES string of the molecule is Nc1ccc(Cl)c(NC(=O)Cc2noc3ccccc23)c1. The quantitative estimate of drug-likeness (QED) is 0.728. The number of nitrogens with zero attached hydrogens (tertiary/aromatic N) is 1. The molecule has 0 atom stereocenters. The number of halogens is 1. The standard InChI is InChI=1S/C15H12ClN3O2/c16-11-6-5-9(17)7-13(11)18-15(20)8-12-10-3-1-2-4-14(10)21-19-12/h1-7H,8,17H2,(H,18,20). The molecule has 3 rings (SSSR count). The summed E-state index contributed by atoms with van der Waals surface area (Å²) in [6.07, 6.45) is 0.0993. The first-order valence-corrected chi connectivity index (χ1v) is 6.69. The van der Waals surface area contributed by atoms with Crippen LogP contribution in [0.15, 0.2) is 47.0 Å². The maximum Gasteiger partial charge on any atom is 0.230 e. The van der Waals surface area contributed by atoms with Crippen LogP contribution in [0.5, 0.6) is 0 Å². The molecule has 2 aromatic carbocycles. The number of nitrogen functional groups attached to an aromatic ring is 1. The number of hydrogen-bond acceptors (Lipinski definition) is 4. The van der Waals surface area contributed by atoms with Gasteiger partial charge in [-0.05, 0) is 30.3 Å². The Kier molecular flexibility index (Phi) is 3.50. The highest BCUT2D eigenvalue weighted by Crippen LogP contribution is 2.24. The average molecular weight is 302 g/mol. The van der Waals surface area contributed by atoms with E-state index in [-0.39, 0.29) is 12.3 Å². The Bertz CT molecular complexity index is 814. The van der Waals surface area contributed by atoms with Crippen LogP contribution in [0.3, 0.4) is 0 Å². The maximum atomic E-state index is 12.1. The van der Waals surface area contributed by atoms with Gasteiger partial charge in [0.25, 0.3) is 0 Å². The normalized spacial score (nSPS) is 10.7. The molecule has 0 unspecified atom stereocenters. The van der Waals surface area contributed by atoms with Crippen molar-refractivity contribution in [3.05, 3.63) is 53.2 Å². The second-order valence-electron chi connectivity index (χ2n) is 4.59. The van der Waals surface area contributed by atoms with E-state index in [0.717, 1.165) is 5.39 Å². The summed E-state index contributed by atoms with van der Waals surface area (Å²) in [6, 6.07) is 12.3. The molecule has 0 saturated carbocycles. The van der Waals surface area contributed by atoms with Crippen LogP contribution in [0.4, 0.5) is 11.4 Å². The van der Waals surface area contributed by atoms with Crippen molar-refractivity contribution in [2.45, 2.75) is 6.42 Å². The summed E-state index contributed by atoms with van der Waals surface area (Å²) < 4.78 is 5.17. The smallest absolute Gasteiger partial charge is 0.230 e. The van der Waals surface area contributed by atoms with E-state index >= 15 is 0 Å².